The molecular weight excluding hydrogens is 374 g/mol. The van der Waals surface area contributed by atoms with Crippen molar-refractivity contribution in [3.63, 3.8) is 0 Å². The second kappa shape index (κ2) is 8.74. The van der Waals surface area contributed by atoms with E-state index >= 15 is 0 Å². The number of carbonyl (C=O) groups is 2. The van der Waals surface area contributed by atoms with Gasteiger partial charge in [-0.15, -0.1) is 0 Å². The Morgan fingerprint density at radius 2 is 1.37 bits per heavy atom. The van der Waals surface area contributed by atoms with Gasteiger partial charge in [0.1, 0.15) is 5.69 Å². The van der Waals surface area contributed by atoms with Crippen LogP contribution >= 0.6 is 0 Å². The van der Waals surface area contributed by atoms with Gasteiger partial charge in [-0.1, -0.05) is 6.07 Å². The average molecular weight is 397 g/mol. The van der Waals surface area contributed by atoms with Crippen LogP contribution in [-0.4, -0.2) is 25.7 Å². The van der Waals surface area contributed by atoms with Gasteiger partial charge in [-0.3, -0.25) is 14.6 Å². The van der Waals surface area contributed by atoms with Gasteiger partial charge in [0, 0.05) is 49.6 Å². The summed E-state index contributed by atoms with van der Waals surface area (Å²) in [6, 6.07) is 17.3. The number of nitrogens with zero attached hydrogens (tertiary/aromatic N) is 3. The minimum atomic E-state index is -0.258. The van der Waals surface area contributed by atoms with Crippen molar-refractivity contribution in [1.82, 2.24) is 14.1 Å². The third-order valence-corrected chi connectivity index (χ3v) is 4.96. The highest BCUT2D eigenvalue weighted by molar-refractivity contribution is 6.13. The molecule has 0 aliphatic heterocycles. The van der Waals surface area contributed by atoms with Gasteiger partial charge in [0.2, 0.25) is 0 Å². The molecule has 0 bridgehead atoms. The summed E-state index contributed by atoms with van der Waals surface area (Å²) in [4.78, 5) is 29.6. The van der Waals surface area contributed by atoms with Crippen molar-refractivity contribution in [1.29, 1.82) is 0 Å². The Morgan fingerprint density at radius 3 is 1.90 bits per heavy atom. The number of carbonyl (C=O) groups excluding carboxylic acids is 2. The molecule has 0 N–H and O–H groups in total. The Morgan fingerprint density at radius 1 is 0.800 bits per heavy atom. The number of aryl methyl sites for hydroxylation is 1. The topological polar surface area (TPSA) is 56.9 Å². The zero-order chi connectivity index (χ0) is 20.9. The summed E-state index contributed by atoms with van der Waals surface area (Å²) in [6.07, 6.45) is 9.38. The fraction of sp³-hybridized carbons (Fsp3) is 0.160. The van der Waals surface area contributed by atoms with Crippen LogP contribution < -0.4 is 0 Å². The van der Waals surface area contributed by atoms with Crippen LogP contribution in [0.1, 0.15) is 44.0 Å². The summed E-state index contributed by atoms with van der Waals surface area (Å²) in [7, 11) is 0. The van der Waals surface area contributed by atoms with Crippen molar-refractivity contribution in [2.24, 2.45) is 0 Å². The maximum atomic E-state index is 13.0. The van der Waals surface area contributed by atoms with Crippen molar-refractivity contribution in [3.8, 4) is 0 Å². The first-order valence-electron chi connectivity index (χ1n) is 9.90. The van der Waals surface area contributed by atoms with E-state index in [0.29, 0.717) is 24.3 Å². The maximum absolute atomic E-state index is 13.0. The summed E-state index contributed by atoms with van der Waals surface area (Å²) in [5, 5.41) is 0. The quantitative estimate of drug-likeness (QED) is 0.324. The van der Waals surface area contributed by atoms with Crippen LogP contribution in [0.15, 0.2) is 85.6 Å². The van der Waals surface area contributed by atoms with Crippen LogP contribution in [0.5, 0.6) is 0 Å². The molecule has 0 unspecified atom stereocenters. The molecule has 0 saturated carbocycles. The molecule has 4 rings (SSSR count). The Bertz CT molecular complexity index is 1100. The third-order valence-electron chi connectivity index (χ3n) is 4.96. The molecule has 3 aromatic heterocycles. The number of pyridine rings is 1. The van der Waals surface area contributed by atoms with E-state index in [1.54, 1.807) is 12.3 Å². The van der Waals surface area contributed by atoms with Gasteiger partial charge in [-0.2, -0.15) is 0 Å². The second-order valence-corrected chi connectivity index (χ2v) is 7.49. The Balaban J connectivity index is 1.59. The highest BCUT2D eigenvalue weighted by Gasteiger charge is 2.16. The van der Waals surface area contributed by atoms with Crippen molar-refractivity contribution < 1.29 is 9.59 Å². The molecule has 5 heteroatoms. The Labute approximate surface area is 175 Å². The summed E-state index contributed by atoms with van der Waals surface area (Å²) >= 11 is 0. The van der Waals surface area contributed by atoms with E-state index in [2.05, 4.69) is 20.2 Å². The minimum absolute atomic E-state index is 0.188. The average Bonchev–Trinajstić information content (AvgIpc) is 3.42. The lowest BCUT2D eigenvalue weighted by molar-refractivity contribution is 0.0891. The van der Waals surface area contributed by atoms with Gasteiger partial charge in [-0.05, 0) is 72.1 Å². The van der Waals surface area contributed by atoms with Crippen molar-refractivity contribution in [3.05, 3.63) is 114 Å². The molecule has 0 aliphatic carbocycles. The molecule has 4 aromatic rings. The first-order chi connectivity index (χ1) is 14.6. The van der Waals surface area contributed by atoms with Crippen LogP contribution in [0.25, 0.3) is 0 Å². The molecule has 0 radical (unpaired) electrons. The molecule has 0 fully saturated rings. The van der Waals surface area contributed by atoms with Crippen LogP contribution in [0.2, 0.25) is 0 Å². The summed E-state index contributed by atoms with van der Waals surface area (Å²) in [5.41, 5.74) is 3.89. The predicted octanol–water partition coefficient (Wildman–Crippen LogP) is 4.55. The Kier molecular flexibility index (Phi) is 5.70. The first-order valence-corrected chi connectivity index (χ1v) is 9.90. The van der Waals surface area contributed by atoms with Crippen LogP contribution in [0.4, 0.5) is 0 Å². The fourth-order valence-electron chi connectivity index (χ4n) is 3.51. The van der Waals surface area contributed by atoms with Gasteiger partial charge in [-0.25, -0.2) is 0 Å². The fourth-order valence-corrected chi connectivity index (χ4v) is 3.51. The highest BCUT2D eigenvalue weighted by Crippen LogP contribution is 2.17. The maximum Gasteiger partial charge on any atom is 0.188 e. The summed E-state index contributed by atoms with van der Waals surface area (Å²) in [6.45, 7) is 3.24. The molecule has 150 valence electrons. The molecule has 0 amide bonds. The first kappa shape index (κ1) is 19.6. The van der Waals surface area contributed by atoms with Gasteiger partial charge in [0.05, 0.1) is 6.42 Å². The summed E-state index contributed by atoms with van der Waals surface area (Å²) in [5.74, 6) is -0.446. The van der Waals surface area contributed by atoms with Gasteiger partial charge >= 0.3 is 0 Å². The number of Topliss-reactive ketones (excluding diaryl/α,β-unsaturated/α-hetero) is 2. The lowest BCUT2D eigenvalue weighted by Gasteiger charge is -2.11. The zero-order valence-corrected chi connectivity index (χ0v) is 16.9. The molecule has 0 atom stereocenters. The predicted molar refractivity (Wildman–Crippen MR) is 116 cm³/mol. The monoisotopic (exact) mass is 397 g/mol. The minimum Gasteiger partial charge on any atom is -0.350 e. The standard InChI is InChI=1S/C25H23N3O2/c1-19-6-7-26-23(12-19)25(30)16-24(29)22-14-20(17-27-8-2-3-9-27)13-21(15-22)18-28-10-4-5-11-28/h2-15H,16-18H2,1H3. The van der Waals surface area contributed by atoms with Crippen molar-refractivity contribution >= 4 is 11.6 Å². The summed E-state index contributed by atoms with van der Waals surface area (Å²) < 4.78 is 4.12. The molecule has 0 aliphatic rings. The normalized spacial score (nSPS) is 10.8. The van der Waals surface area contributed by atoms with E-state index < -0.39 is 0 Å². The second-order valence-electron chi connectivity index (χ2n) is 7.49. The van der Waals surface area contributed by atoms with Crippen molar-refractivity contribution in [2.45, 2.75) is 26.4 Å². The highest BCUT2D eigenvalue weighted by atomic mass is 16.1. The van der Waals surface area contributed by atoms with E-state index in [4.69, 9.17) is 0 Å². The largest absolute Gasteiger partial charge is 0.350 e. The van der Waals surface area contributed by atoms with Crippen LogP contribution in [0, 0.1) is 6.92 Å². The molecule has 0 saturated heterocycles. The van der Waals surface area contributed by atoms with Crippen molar-refractivity contribution in [2.75, 3.05) is 0 Å². The number of benzene rings is 1. The molecule has 3 heterocycles. The molecule has 5 nitrogen and oxygen atoms in total. The molecule has 1 aromatic carbocycles. The number of hydrogen-bond acceptors (Lipinski definition) is 3. The van der Waals surface area contributed by atoms with E-state index in [1.165, 1.54) is 0 Å². The number of aromatic nitrogens is 3. The molecule has 30 heavy (non-hydrogen) atoms. The van der Waals surface area contributed by atoms with Crippen LogP contribution in [-0.2, 0) is 13.1 Å². The smallest absolute Gasteiger partial charge is 0.188 e. The number of ketones is 2. The van der Waals surface area contributed by atoms with Gasteiger partial charge < -0.3 is 9.13 Å². The lowest BCUT2D eigenvalue weighted by atomic mass is 9.98. The van der Waals surface area contributed by atoms with Gasteiger partial charge in [0.15, 0.2) is 11.6 Å². The number of hydrogen-bond donors (Lipinski definition) is 0. The molecular formula is C25H23N3O2. The van der Waals surface area contributed by atoms with Crippen LogP contribution in [0.3, 0.4) is 0 Å². The third kappa shape index (κ3) is 4.81. The van der Waals surface area contributed by atoms with Gasteiger partial charge in [0.25, 0.3) is 0 Å². The molecule has 0 spiro atoms. The van der Waals surface area contributed by atoms with E-state index in [-0.39, 0.29) is 18.0 Å². The number of rotatable bonds is 8. The Hall–Kier alpha value is -3.73. The SMILES string of the molecule is Cc1ccnc(C(=O)CC(=O)c2cc(Cn3cccc3)cc(Cn3cccc3)c2)c1. The lowest BCUT2D eigenvalue weighted by Crippen LogP contribution is -2.12. The van der Waals surface area contributed by atoms with E-state index in [9.17, 15) is 9.59 Å². The van der Waals surface area contributed by atoms with E-state index in [1.807, 2.05) is 74.2 Å². The zero-order valence-electron chi connectivity index (χ0n) is 16.9. The van der Waals surface area contributed by atoms with E-state index in [0.717, 1.165) is 16.7 Å².